The van der Waals surface area contributed by atoms with E-state index < -0.39 is 18.4 Å². The summed E-state index contributed by atoms with van der Waals surface area (Å²) in [7, 11) is 0. The van der Waals surface area contributed by atoms with Crippen LogP contribution in [0.1, 0.15) is 6.23 Å². The van der Waals surface area contributed by atoms with E-state index in [9.17, 15) is 10.2 Å². The molecule has 0 amide bonds. The molecule has 2 saturated heterocycles. The topological polar surface area (TPSA) is 132 Å². The van der Waals surface area contributed by atoms with E-state index in [1.807, 2.05) is 0 Å². The van der Waals surface area contributed by atoms with Crippen molar-refractivity contribution in [2.45, 2.75) is 24.5 Å². The van der Waals surface area contributed by atoms with Crippen molar-refractivity contribution in [3.63, 3.8) is 0 Å². The number of aliphatic hydroxyl groups excluding tert-OH is 2. The van der Waals surface area contributed by atoms with Gasteiger partial charge in [0.05, 0.1) is 32.2 Å². The molecule has 4 heterocycles. The second-order valence-electron chi connectivity index (χ2n) is 5.96. The monoisotopic (exact) mass is 336 g/mol. The highest BCUT2D eigenvalue weighted by Gasteiger charge is 2.47. The SMILES string of the molecule is Nc1ncnc2c1ncn2[C@@H]1O[C@H](CO)[C@@H](N2CCOCC2)[C@@H]1O. The summed E-state index contributed by atoms with van der Waals surface area (Å²) in [5, 5.41) is 20.6. The van der Waals surface area contributed by atoms with Gasteiger partial charge in [-0.15, -0.1) is 0 Å². The number of anilines is 1. The Labute approximate surface area is 137 Å². The molecule has 0 bridgehead atoms. The van der Waals surface area contributed by atoms with Crippen LogP contribution in [0.15, 0.2) is 12.7 Å². The first kappa shape index (κ1) is 15.7. The molecule has 130 valence electrons. The molecule has 4 atom stereocenters. The summed E-state index contributed by atoms with van der Waals surface area (Å²) in [4.78, 5) is 14.4. The lowest BCUT2D eigenvalue weighted by molar-refractivity contribution is -0.0523. The number of morpholine rings is 1. The molecule has 0 spiro atoms. The fourth-order valence-corrected chi connectivity index (χ4v) is 3.49. The molecule has 2 fully saturated rings. The van der Waals surface area contributed by atoms with Crippen LogP contribution in [0.5, 0.6) is 0 Å². The van der Waals surface area contributed by atoms with Crippen molar-refractivity contribution in [1.82, 2.24) is 24.4 Å². The molecular weight excluding hydrogens is 316 g/mol. The number of hydrogen-bond acceptors (Lipinski definition) is 9. The van der Waals surface area contributed by atoms with Crippen molar-refractivity contribution in [3.05, 3.63) is 12.7 Å². The van der Waals surface area contributed by atoms with E-state index in [0.29, 0.717) is 37.5 Å². The third-order valence-electron chi connectivity index (χ3n) is 4.65. The number of nitrogen functional groups attached to an aromatic ring is 1. The smallest absolute Gasteiger partial charge is 0.167 e. The Kier molecular flexibility index (Phi) is 4.06. The molecule has 0 aromatic carbocycles. The quantitative estimate of drug-likeness (QED) is 0.603. The summed E-state index contributed by atoms with van der Waals surface area (Å²) in [5.74, 6) is 0.273. The number of hydrogen-bond donors (Lipinski definition) is 3. The average molecular weight is 336 g/mol. The van der Waals surface area contributed by atoms with E-state index in [2.05, 4.69) is 19.9 Å². The molecule has 2 aromatic rings. The Bertz CT molecular complexity index is 718. The summed E-state index contributed by atoms with van der Waals surface area (Å²) < 4.78 is 12.9. The maximum atomic E-state index is 10.9. The number of aliphatic hydroxyl groups is 2. The molecule has 24 heavy (non-hydrogen) atoms. The van der Waals surface area contributed by atoms with Crippen LogP contribution in [0, 0.1) is 0 Å². The Morgan fingerprint density at radius 2 is 2.04 bits per heavy atom. The maximum absolute atomic E-state index is 10.9. The van der Waals surface area contributed by atoms with E-state index >= 15 is 0 Å². The first-order chi connectivity index (χ1) is 11.7. The van der Waals surface area contributed by atoms with Crippen molar-refractivity contribution in [3.8, 4) is 0 Å². The van der Waals surface area contributed by atoms with Gasteiger partial charge in [0.1, 0.15) is 24.1 Å². The molecule has 2 aromatic heterocycles. The summed E-state index contributed by atoms with van der Waals surface area (Å²) in [6.07, 6.45) is 0.836. The fraction of sp³-hybridized carbons (Fsp3) is 0.643. The molecule has 10 heteroatoms. The second-order valence-corrected chi connectivity index (χ2v) is 5.96. The van der Waals surface area contributed by atoms with Crippen LogP contribution < -0.4 is 5.73 Å². The van der Waals surface area contributed by atoms with Crippen molar-refractivity contribution in [1.29, 1.82) is 0 Å². The zero-order chi connectivity index (χ0) is 16.7. The van der Waals surface area contributed by atoms with Gasteiger partial charge in [-0.3, -0.25) is 9.47 Å². The Balaban J connectivity index is 1.67. The normalized spacial score (nSPS) is 31.8. The lowest BCUT2D eigenvalue weighted by atomic mass is 10.0. The first-order valence-corrected chi connectivity index (χ1v) is 7.90. The van der Waals surface area contributed by atoms with Gasteiger partial charge >= 0.3 is 0 Å². The largest absolute Gasteiger partial charge is 0.394 e. The van der Waals surface area contributed by atoms with E-state index in [1.165, 1.54) is 12.7 Å². The average Bonchev–Trinajstić information content (AvgIpc) is 3.17. The first-order valence-electron chi connectivity index (χ1n) is 7.90. The Morgan fingerprint density at radius 3 is 2.79 bits per heavy atom. The molecule has 10 nitrogen and oxygen atoms in total. The van der Waals surface area contributed by atoms with E-state index in [-0.39, 0.29) is 18.5 Å². The molecular formula is C14H20N6O4. The Morgan fingerprint density at radius 1 is 1.25 bits per heavy atom. The fourth-order valence-electron chi connectivity index (χ4n) is 3.49. The molecule has 0 unspecified atom stereocenters. The van der Waals surface area contributed by atoms with Crippen LogP contribution >= 0.6 is 0 Å². The van der Waals surface area contributed by atoms with Crippen LogP contribution in [0.4, 0.5) is 5.82 Å². The predicted molar refractivity (Wildman–Crippen MR) is 82.9 cm³/mol. The highest BCUT2D eigenvalue weighted by atomic mass is 16.5. The predicted octanol–water partition coefficient (Wildman–Crippen LogP) is -1.64. The van der Waals surface area contributed by atoms with E-state index in [4.69, 9.17) is 15.2 Å². The lowest BCUT2D eigenvalue weighted by Crippen LogP contribution is -2.52. The van der Waals surface area contributed by atoms with Gasteiger partial charge in [-0.25, -0.2) is 15.0 Å². The molecule has 0 radical (unpaired) electrons. The van der Waals surface area contributed by atoms with Crippen LogP contribution in [0.3, 0.4) is 0 Å². The third-order valence-corrected chi connectivity index (χ3v) is 4.65. The standard InChI is InChI=1S/C14H20N6O4/c15-12-9-13(17-6-16-12)20(7-18-9)14-11(22)10(8(5-21)24-14)19-1-3-23-4-2-19/h6-8,10-11,14,21-22H,1-5H2,(H2,15,16,17)/t8-,10-,11+,14-/m1/s1. The molecule has 2 aliphatic heterocycles. The second kappa shape index (κ2) is 6.22. The highest BCUT2D eigenvalue weighted by Crippen LogP contribution is 2.34. The minimum Gasteiger partial charge on any atom is -0.394 e. The number of aromatic nitrogens is 4. The van der Waals surface area contributed by atoms with Gasteiger partial charge in [-0.2, -0.15) is 0 Å². The van der Waals surface area contributed by atoms with Crippen LogP contribution in [-0.2, 0) is 9.47 Å². The van der Waals surface area contributed by atoms with Gasteiger partial charge < -0.3 is 25.4 Å². The summed E-state index contributed by atoms with van der Waals surface area (Å²) in [5.41, 5.74) is 6.76. The number of fused-ring (bicyclic) bond motifs is 1. The van der Waals surface area contributed by atoms with Crippen molar-refractivity contribution in [2.75, 3.05) is 38.6 Å². The number of rotatable bonds is 3. The zero-order valence-corrected chi connectivity index (χ0v) is 13.0. The third kappa shape index (κ3) is 2.43. The van der Waals surface area contributed by atoms with E-state index in [0.717, 1.165) is 0 Å². The van der Waals surface area contributed by atoms with Crippen molar-refractivity contribution >= 4 is 17.0 Å². The summed E-state index contributed by atoms with van der Waals surface area (Å²) in [6.45, 7) is 2.40. The number of imidazole rings is 1. The number of nitrogens with two attached hydrogens (primary N) is 1. The van der Waals surface area contributed by atoms with Crippen molar-refractivity contribution in [2.24, 2.45) is 0 Å². The van der Waals surface area contributed by atoms with Crippen LogP contribution in [0.2, 0.25) is 0 Å². The van der Waals surface area contributed by atoms with Crippen molar-refractivity contribution < 1.29 is 19.7 Å². The van der Waals surface area contributed by atoms with E-state index in [1.54, 1.807) is 4.57 Å². The highest BCUT2D eigenvalue weighted by molar-refractivity contribution is 5.81. The van der Waals surface area contributed by atoms with Crippen LogP contribution in [0.25, 0.3) is 11.2 Å². The van der Waals surface area contributed by atoms with Crippen LogP contribution in [-0.4, -0.2) is 85.8 Å². The van der Waals surface area contributed by atoms with Gasteiger partial charge in [0.25, 0.3) is 0 Å². The zero-order valence-electron chi connectivity index (χ0n) is 13.0. The maximum Gasteiger partial charge on any atom is 0.167 e. The number of nitrogens with zero attached hydrogens (tertiary/aromatic N) is 5. The summed E-state index contributed by atoms with van der Waals surface area (Å²) >= 11 is 0. The summed E-state index contributed by atoms with van der Waals surface area (Å²) in [6, 6.07) is -0.319. The molecule has 0 aliphatic carbocycles. The minimum absolute atomic E-state index is 0.181. The lowest BCUT2D eigenvalue weighted by Gasteiger charge is -2.35. The molecule has 2 aliphatic rings. The Hall–Kier alpha value is -1.85. The molecule has 4 rings (SSSR count). The van der Waals surface area contributed by atoms with Gasteiger partial charge in [0, 0.05) is 13.1 Å². The minimum atomic E-state index is -0.839. The van der Waals surface area contributed by atoms with Gasteiger partial charge in [0.2, 0.25) is 0 Å². The van der Waals surface area contributed by atoms with Gasteiger partial charge in [-0.1, -0.05) is 0 Å². The number of ether oxygens (including phenoxy) is 2. The van der Waals surface area contributed by atoms with Gasteiger partial charge in [-0.05, 0) is 0 Å². The van der Waals surface area contributed by atoms with Gasteiger partial charge in [0.15, 0.2) is 17.7 Å². The molecule has 4 N–H and O–H groups in total. The molecule has 0 saturated carbocycles.